The second-order valence-electron chi connectivity index (χ2n) is 5.79. The Labute approximate surface area is 147 Å². The van der Waals surface area contributed by atoms with Gasteiger partial charge < -0.3 is 10.0 Å². The summed E-state index contributed by atoms with van der Waals surface area (Å²) in [7, 11) is 0. The molecular weight excluding hydrogens is 259 g/mol. The molecule has 114 valence electrons. The minimum atomic E-state index is -0.172. The maximum absolute atomic E-state index is 9.91. The van der Waals surface area contributed by atoms with Gasteiger partial charge in [-0.25, -0.2) is 0 Å². The van der Waals surface area contributed by atoms with Gasteiger partial charge in [-0.2, -0.15) is 0 Å². The predicted molar refractivity (Wildman–Crippen MR) is 89.9 cm³/mol. The number of aliphatic hydroxyl groups excluding tert-OH is 1. The van der Waals surface area contributed by atoms with Crippen molar-refractivity contribution in [1.82, 2.24) is 4.90 Å². The molecule has 1 N–H and O–H groups in total. The van der Waals surface area contributed by atoms with Crippen LogP contribution in [-0.2, 0) is 0 Å². The molecular formula is C16H33N2NaO. The van der Waals surface area contributed by atoms with Crippen LogP contribution in [0.15, 0.2) is 4.99 Å². The SMILES string of the molecule is CCCCCCCCCCCC(O)CN1C=NCC1.[NaH]. The summed E-state index contributed by atoms with van der Waals surface area (Å²) in [6.45, 7) is 4.90. The molecule has 0 saturated carbocycles. The standard InChI is InChI=1S/C16H32N2O.Na.H/c1-2-3-4-5-6-7-8-9-10-11-16(19)14-18-13-12-17-15-18;;/h15-16,19H,2-14H2,1H3;;. The second-order valence-corrected chi connectivity index (χ2v) is 5.79. The summed E-state index contributed by atoms with van der Waals surface area (Å²) in [5.74, 6) is 0. The van der Waals surface area contributed by atoms with Crippen LogP contribution in [0.3, 0.4) is 0 Å². The van der Waals surface area contributed by atoms with Crippen molar-refractivity contribution in [2.24, 2.45) is 4.99 Å². The minimum absolute atomic E-state index is 0. The van der Waals surface area contributed by atoms with Gasteiger partial charge in [0.15, 0.2) is 0 Å². The topological polar surface area (TPSA) is 35.8 Å². The molecule has 0 aromatic carbocycles. The number of hydrogen-bond acceptors (Lipinski definition) is 3. The van der Waals surface area contributed by atoms with Crippen LogP contribution in [0.1, 0.15) is 71.1 Å². The van der Waals surface area contributed by atoms with Crippen LogP contribution in [0.4, 0.5) is 0 Å². The monoisotopic (exact) mass is 292 g/mol. The normalized spacial score (nSPS) is 15.4. The molecule has 0 aliphatic carbocycles. The summed E-state index contributed by atoms with van der Waals surface area (Å²) in [6, 6.07) is 0. The van der Waals surface area contributed by atoms with Gasteiger partial charge in [-0.1, -0.05) is 64.7 Å². The third-order valence-corrected chi connectivity index (χ3v) is 3.85. The van der Waals surface area contributed by atoms with Gasteiger partial charge in [0, 0.05) is 13.1 Å². The van der Waals surface area contributed by atoms with Crippen molar-refractivity contribution < 1.29 is 5.11 Å². The van der Waals surface area contributed by atoms with E-state index in [4.69, 9.17) is 0 Å². The molecule has 1 unspecified atom stereocenters. The fourth-order valence-electron chi connectivity index (χ4n) is 2.61. The molecule has 1 aliphatic heterocycles. The molecule has 1 atom stereocenters. The Morgan fingerprint density at radius 2 is 1.65 bits per heavy atom. The van der Waals surface area contributed by atoms with Crippen LogP contribution in [0.25, 0.3) is 0 Å². The molecule has 0 aromatic rings. The van der Waals surface area contributed by atoms with Crippen LogP contribution in [-0.4, -0.2) is 71.6 Å². The van der Waals surface area contributed by atoms with Crippen molar-refractivity contribution in [3.63, 3.8) is 0 Å². The van der Waals surface area contributed by atoms with Gasteiger partial charge in [0.25, 0.3) is 0 Å². The predicted octanol–water partition coefficient (Wildman–Crippen LogP) is 2.96. The van der Waals surface area contributed by atoms with Crippen LogP contribution >= 0.6 is 0 Å². The van der Waals surface area contributed by atoms with Gasteiger partial charge in [-0.05, 0) is 6.42 Å². The van der Waals surface area contributed by atoms with Crippen LogP contribution in [0.5, 0.6) is 0 Å². The number of hydrogen-bond donors (Lipinski definition) is 1. The molecule has 0 spiro atoms. The van der Waals surface area contributed by atoms with Crippen LogP contribution in [0.2, 0.25) is 0 Å². The molecule has 1 aliphatic rings. The average molecular weight is 292 g/mol. The zero-order chi connectivity index (χ0) is 13.8. The van der Waals surface area contributed by atoms with Crippen molar-refractivity contribution in [2.45, 2.75) is 77.2 Å². The van der Waals surface area contributed by atoms with Crippen molar-refractivity contribution >= 4 is 35.9 Å². The van der Waals surface area contributed by atoms with E-state index in [9.17, 15) is 5.11 Å². The van der Waals surface area contributed by atoms with E-state index in [1.807, 2.05) is 6.34 Å². The average Bonchev–Trinajstić information content (AvgIpc) is 2.89. The number of nitrogens with zero attached hydrogens (tertiary/aromatic N) is 2. The van der Waals surface area contributed by atoms with E-state index in [-0.39, 0.29) is 35.7 Å². The Hall–Kier alpha value is 0.430. The number of β-amino-alcohol motifs (C(OH)–C–C–N with tert-alkyl or cyclic N) is 1. The van der Waals surface area contributed by atoms with Gasteiger partial charge in [0.05, 0.1) is 19.0 Å². The molecule has 0 amide bonds. The fraction of sp³-hybridized carbons (Fsp3) is 0.938. The van der Waals surface area contributed by atoms with E-state index in [1.54, 1.807) is 0 Å². The van der Waals surface area contributed by atoms with Crippen molar-refractivity contribution in [2.75, 3.05) is 19.6 Å². The van der Waals surface area contributed by atoms with Crippen LogP contribution < -0.4 is 0 Å². The van der Waals surface area contributed by atoms with Crippen LogP contribution in [0, 0.1) is 0 Å². The second kappa shape index (κ2) is 14.4. The molecule has 1 rings (SSSR count). The first-order valence-electron chi connectivity index (χ1n) is 8.25. The van der Waals surface area contributed by atoms with E-state index >= 15 is 0 Å². The Balaban J connectivity index is 0.00000361. The number of aliphatic imine (C=N–C) groups is 1. The summed E-state index contributed by atoms with van der Waals surface area (Å²) in [5.41, 5.74) is 0. The zero-order valence-electron chi connectivity index (χ0n) is 12.7. The summed E-state index contributed by atoms with van der Waals surface area (Å²) >= 11 is 0. The van der Waals surface area contributed by atoms with Gasteiger partial charge in [-0.15, -0.1) is 0 Å². The zero-order valence-corrected chi connectivity index (χ0v) is 12.7. The van der Waals surface area contributed by atoms with E-state index in [2.05, 4.69) is 16.8 Å². The molecule has 20 heavy (non-hydrogen) atoms. The molecule has 1 heterocycles. The van der Waals surface area contributed by atoms with Crippen molar-refractivity contribution in [3.8, 4) is 0 Å². The first-order valence-corrected chi connectivity index (χ1v) is 8.25. The Morgan fingerprint density at radius 1 is 1.05 bits per heavy atom. The third kappa shape index (κ3) is 11.1. The van der Waals surface area contributed by atoms with Crippen molar-refractivity contribution in [3.05, 3.63) is 0 Å². The Morgan fingerprint density at radius 3 is 2.20 bits per heavy atom. The molecule has 0 fully saturated rings. The molecule has 0 saturated heterocycles. The van der Waals surface area contributed by atoms with Crippen molar-refractivity contribution in [1.29, 1.82) is 0 Å². The Kier molecular flexibility index (Phi) is 14.7. The van der Waals surface area contributed by atoms with E-state index < -0.39 is 0 Å². The summed E-state index contributed by atoms with van der Waals surface area (Å²) in [5, 5.41) is 9.91. The summed E-state index contributed by atoms with van der Waals surface area (Å²) < 4.78 is 0. The summed E-state index contributed by atoms with van der Waals surface area (Å²) in [6.07, 6.45) is 14.7. The van der Waals surface area contributed by atoms with Gasteiger partial charge in [0.2, 0.25) is 0 Å². The maximum atomic E-state index is 9.91. The van der Waals surface area contributed by atoms with Gasteiger partial charge in [0.1, 0.15) is 0 Å². The molecule has 3 nitrogen and oxygen atoms in total. The molecule has 0 radical (unpaired) electrons. The van der Waals surface area contributed by atoms with Gasteiger partial charge in [-0.3, -0.25) is 4.99 Å². The number of aliphatic hydroxyl groups is 1. The third-order valence-electron chi connectivity index (χ3n) is 3.85. The first-order chi connectivity index (χ1) is 9.33. The molecule has 4 heteroatoms. The fourth-order valence-corrected chi connectivity index (χ4v) is 2.61. The summed E-state index contributed by atoms with van der Waals surface area (Å²) in [4.78, 5) is 6.28. The number of unbranched alkanes of at least 4 members (excludes halogenated alkanes) is 8. The quantitative estimate of drug-likeness (QED) is 0.443. The number of rotatable bonds is 12. The Bertz CT molecular complexity index is 237. The van der Waals surface area contributed by atoms with Gasteiger partial charge >= 0.3 is 29.6 Å². The molecule has 0 aromatic heterocycles. The van der Waals surface area contributed by atoms with E-state index in [1.165, 1.54) is 57.8 Å². The van der Waals surface area contributed by atoms with E-state index in [0.717, 1.165) is 26.1 Å². The first kappa shape index (κ1) is 20.4. The molecule has 0 bridgehead atoms. The van der Waals surface area contributed by atoms with E-state index in [0.29, 0.717) is 0 Å².